The van der Waals surface area contributed by atoms with E-state index >= 15 is 0 Å². The van der Waals surface area contributed by atoms with Gasteiger partial charge in [0.1, 0.15) is 0 Å². The van der Waals surface area contributed by atoms with Crippen molar-refractivity contribution in [2.75, 3.05) is 7.05 Å². The number of aromatic nitrogens is 2. The molecule has 2 aromatic heterocycles. The fourth-order valence-corrected chi connectivity index (χ4v) is 3.27. The lowest BCUT2D eigenvalue weighted by atomic mass is 10.2. The molecule has 124 valence electrons. The van der Waals surface area contributed by atoms with E-state index < -0.39 is 11.2 Å². The Balaban J connectivity index is 1.77. The number of aromatic amines is 1. The van der Waals surface area contributed by atoms with E-state index in [1.54, 1.807) is 47.5 Å². The highest BCUT2D eigenvalue weighted by Crippen LogP contribution is 2.10. The lowest BCUT2D eigenvalue weighted by Gasteiger charge is -2.17. The van der Waals surface area contributed by atoms with Crippen molar-refractivity contribution < 1.29 is 4.79 Å². The summed E-state index contributed by atoms with van der Waals surface area (Å²) in [4.78, 5) is 40.1. The first kappa shape index (κ1) is 16.2. The van der Waals surface area contributed by atoms with Crippen LogP contribution in [0.5, 0.6) is 0 Å². The summed E-state index contributed by atoms with van der Waals surface area (Å²) in [6.07, 6.45) is 0.191. The number of H-pyrrole nitrogens is 1. The molecule has 0 saturated heterocycles. The van der Waals surface area contributed by atoms with Crippen molar-refractivity contribution in [3.05, 3.63) is 67.5 Å². The minimum absolute atomic E-state index is 0.0524. The van der Waals surface area contributed by atoms with Crippen LogP contribution < -0.4 is 11.2 Å². The van der Waals surface area contributed by atoms with E-state index in [0.29, 0.717) is 17.4 Å². The van der Waals surface area contributed by atoms with Gasteiger partial charge < -0.3 is 4.90 Å². The molecule has 0 unspecified atom stereocenters. The van der Waals surface area contributed by atoms with Crippen molar-refractivity contribution in [2.45, 2.75) is 19.5 Å². The Kier molecular flexibility index (Phi) is 4.61. The van der Waals surface area contributed by atoms with Gasteiger partial charge in [0.05, 0.1) is 10.9 Å². The second-order valence-electron chi connectivity index (χ2n) is 5.56. The molecule has 0 bridgehead atoms. The summed E-state index contributed by atoms with van der Waals surface area (Å²) in [7, 11) is 1.74. The zero-order chi connectivity index (χ0) is 17.1. The first-order valence-corrected chi connectivity index (χ1v) is 8.47. The van der Waals surface area contributed by atoms with Crippen molar-refractivity contribution in [1.82, 2.24) is 14.5 Å². The smallest absolute Gasteiger partial charge is 0.328 e. The number of fused-ring (bicyclic) bond motifs is 1. The van der Waals surface area contributed by atoms with Crippen LogP contribution in [-0.2, 0) is 17.9 Å². The van der Waals surface area contributed by atoms with Crippen molar-refractivity contribution in [3.8, 4) is 0 Å². The molecule has 0 saturated carbocycles. The Hall–Kier alpha value is -2.67. The minimum Gasteiger partial charge on any atom is -0.341 e. The van der Waals surface area contributed by atoms with Gasteiger partial charge in [0.15, 0.2) is 0 Å². The molecular weight excluding hydrogens is 326 g/mol. The van der Waals surface area contributed by atoms with Gasteiger partial charge in [-0.1, -0.05) is 12.1 Å². The van der Waals surface area contributed by atoms with Crippen LogP contribution >= 0.6 is 11.3 Å². The SMILES string of the molecule is CN(Cc1ccsc1)C(=O)CCn1c(=O)[nH]c(=O)c2ccccc21. The average Bonchev–Trinajstić information content (AvgIpc) is 3.07. The number of thiophene rings is 1. The summed E-state index contributed by atoms with van der Waals surface area (Å²) < 4.78 is 1.44. The van der Waals surface area contributed by atoms with Crippen LogP contribution in [0, 0.1) is 0 Å². The number of nitrogens with zero attached hydrogens (tertiary/aromatic N) is 2. The average molecular weight is 343 g/mol. The summed E-state index contributed by atoms with van der Waals surface area (Å²) in [6.45, 7) is 0.770. The topological polar surface area (TPSA) is 75.2 Å². The van der Waals surface area contributed by atoms with Crippen LogP contribution in [0.4, 0.5) is 0 Å². The second kappa shape index (κ2) is 6.84. The Bertz CT molecular complexity index is 973. The lowest BCUT2D eigenvalue weighted by molar-refractivity contribution is -0.130. The van der Waals surface area contributed by atoms with Crippen molar-refractivity contribution in [2.24, 2.45) is 0 Å². The monoisotopic (exact) mass is 343 g/mol. The van der Waals surface area contributed by atoms with E-state index in [-0.39, 0.29) is 18.9 Å². The number of nitrogens with one attached hydrogen (secondary N) is 1. The van der Waals surface area contributed by atoms with Crippen molar-refractivity contribution in [1.29, 1.82) is 0 Å². The van der Waals surface area contributed by atoms with Crippen LogP contribution in [0.1, 0.15) is 12.0 Å². The number of para-hydroxylation sites is 1. The van der Waals surface area contributed by atoms with Crippen LogP contribution in [-0.4, -0.2) is 27.4 Å². The third kappa shape index (κ3) is 3.30. The summed E-state index contributed by atoms with van der Waals surface area (Å²) in [5.74, 6) is -0.0524. The molecule has 1 amide bonds. The molecular formula is C17H17N3O3S. The first-order chi connectivity index (χ1) is 11.6. The van der Waals surface area contributed by atoms with E-state index in [1.807, 2.05) is 16.8 Å². The number of carbonyl (C=O) groups excluding carboxylic acids is 1. The van der Waals surface area contributed by atoms with Crippen molar-refractivity contribution in [3.63, 3.8) is 0 Å². The maximum atomic E-state index is 12.3. The van der Waals surface area contributed by atoms with E-state index in [0.717, 1.165) is 5.56 Å². The fourth-order valence-electron chi connectivity index (χ4n) is 2.61. The quantitative estimate of drug-likeness (QED) is 0.767. The van der Waals surface area contributed by atoms with Gasteiger partial charge in [-0.15, -0.1) is 0 Å². The highest BCUT2D eigenvalue weighted by atomic mass is 32.1. The predicted molar refractivity (Wildman–Crippen MR) is 94.2 cm³/mol. The van der Waals surface area contributed by atoms with Gasteiger partial charge in [0.25, 0.3) is 5.56 Å². The Morgan fingerprint density at radius 2 is 2.04 bits per heavy atom. The maximum Gasteiger partial charge on any atom is 0.328 e. The van der Waals surface area contributed by atoms with Crippen molar-refractivity contribution >= 4 is 28.1 Å². The molecule has 0 aliphatic carbocycles. The number of hydrogen-bond donors (Lipinski definition) is 1. The molecule has 1 N–H and O–H groups in total. The van der Waals surface area contributed by atoms with Gasteiger partial charge in [0.2, 0.25) is 5.91 Å². The molecule has 3 rings (SSSR count). The Morgan fingerprint density at radius 1 is 1.25 bits per heavy atom. The molecule has 24 heavy (non-hydrogen) atoms. The van der Waals surface area contributed by atoms with Crippen LogP contribution in [0.2, 0.25) is 0 Å². The molecule has 7 heteroatoms. The lowest BCUT2D eigenvalue weighted by Crippen LogP contribution is -2.33. The number of rotatable bonds is 5. The molecule has 0 aliphatic rings. The van der Waals surface area contributed by atoms with Gasteiger partial charge in [-0.25, -0.2) is 4.79 Å². The number of hydrogen-bond acceptors (Lipinski definition) is 4. The van der Waals surface area contributed by atoms with E-state index in [1.165, 1.54) is 4.57 Å². The predicted octanol–water partition coefficient (Wildman–Crippen LogP) is 1.80. The highest BCUT2D eigenvalue weighted by molar-refractivity contribution is 7.07. The molecule has 0 aliphatic heterocycles. The Labute approximate surface area is 142 Å². The number of amides is 1. The zero-order valence-electron chi connectivity index (χ0n) is 13.2. The molecule has 2 heterocycles. The van der Waals surface area contributed by atoms with E-state index in [9.17, 15) is 14.4 Å². The van der Waals surface area contributed by atoms with Gasteiger partial charge in [0, 0.05) is 26.6 Å². The second-order valence-corrected chi connectivity index (χ2v) is 6.34. The minimum atomic E-state index is -0.494. The summed E-state index contributed by atoms with van der Waals surface area (Å²) in [5.41, 5.74) is 0.724. The number of benzene rings is 1. The van der Waals surface area contributed by atoms with Crippen LogP contribution in [0.3, 0.4) is 0 Å². The highest BCUT2D eigenvalue weighted by Gasteiger charge is 2.12. The molecule has 3 aromatic rings. The Morgan fingerprint density at radius 3 is 2.79 bits per heavy atom. The van der Waals surface area contributed by atoms with E-state index in [2.05, 4.69) is 4.98 Å². The summed E-state index contributed by atoms with van der Waals surface area (Å²) in [6, 6.07) is 8.86. The normalized spacial score (nSPS) is 10.9. The standard InChI is InChI=1S/C17H17N3O3S/c1-19(10-12-7-9-24-11-12)15(21)6-8-20-14-5-3-2-4-13(14)16(22)18-17(20)23/h2-5,7,9,11H,6,8,10H2,1H3,(H,18,22,23). The summed E-state index contributed by atoms with van der Waals surface area (Å²) >= 11 is 1.59. The third-order valence-corrected chi connectivity index (χ3v) is 4.61. The molecule has 0 spiro atoms. The van der Waals surface area contributed by atoms with Crippen LogP contribution in [0.15, 0.2) is 50.7 Å². The van der Waals surface area contributed by atoms with E-state index in [4.69, 9.17) is 0 Å². The number of aryl methyl sites for hydroxylation is 1. The zero-order valence-corrected chi connectivity index (χ0v) is 14.0. The molecule has 0 radical (unpaired) electrons. The first-order valence-electron chi connectivity index (χ1n) is 7.53. The van der Waals surface area contributed by atoms with Gasteiger partial charge in [-0.3, -0.25) is 19.1 Å². The fraction of sp³-hybridized carbons (Fsp3) is 0.235. The molecule has 0 atom stereocenters. The van der Waals surface area contributed by atoms with Gasteiger partial charge in [-0.2, -0.15) is 11.3 Å². The molecule has 1 aromatic carbocycles. The van der Waals surface area contributed by atoms with Gasteiger partial charge in [-0.05, 0) is 34.5 Å². The largest absolute Gasteiger partial charge is 0.341 e. The van der Waals surface area contributed by atoms with Crippen LogP contribution in [0.25, 0.3) is 10.9 Å². The maximum absolute atomic E-state index is 12.3. The van der Waals surface area contributed by atoms with Gasteiger partial charge >= 0.3 is 5.69 Å². The third-order valence-electron chi connectivity index (χ3n) is 3.88. The number of carbonyl (C=O) groups is 1. The summed E-state index contributed by atoms with van der Waals surface area (Å²) in [5, 5.41) is 4.42. The molecule has 0 fully saturated rings. The molecule has 6 nitrogen and oxygen atoms in total.